The van der Waals surface area contributed by atoms with Gasteiger partial charge in [-0.2, -0.15) is 4.98 Å². The van der Waals surface area contributed by atoms with E-state index < -0.39 is 11.6 Å². The first-order valence-corrected chi connectivity index (χ1v) is 10.2. The number of aromatic nitrogens is 2. The number of benzene rings is 2. The Morgan fingerprint density at radius 2 is 2.12 bits per heavy atom. The van der Waals surface area contributed by atoms with Crippen LogP contribution in [0.5, 0.6) is 0 Å². The zero-order valence-corrected chi connectivity index (χ0v) is 20.3. The van der Waals surface area contributed by atoms with Gasteiger partial charge in [-0.3, -0.25) is 4.99 Å². The molecular formula is C21H22ClF2IN6O. The maximum absolute atomic E-state index is 14.0. The molecule has 7 nitrogen and oxygen atoms in total. The highest BCUT2D eigenvalue weighted by Crippen LogP contribution is 2.24. The summed E-state index contributed by atoms with van der Waals surface area (Å²) < 4.78 is 32.5. The van der Waals surface area contributed by atoms with E-state index in [1.165, 1.54) is 12.1 Å². The van der Waals surface area contributed by atoms with Crippen molar-refractivity contribution in [2.24, 2.45) is 4.99 Å². The van der Waals surface area contributed by atoms with Crippen molar-refractivity contribution in [2.75, 3.05) is 25.0 Å². The molecule has 2 heterocycles. The molecule has 1 aliphatic rings. The lowest BCUT2D eigenvalue weighted by atomic mass is 10.2. The third-order valence-corrected chi connectivity index (χ3v) is 5.20. The van der Waals surface area contributed by atoms with Gasteiger partial charge in [0.1, 0.15) is 11.6 Å². The third-order valence-electron chi connectivity index (χ3n) is 4.96. The molecule has 2 aromatic carbocycles. The summed E-state index contributed by atoms with van der Waals surface area (Å²) in [7, 11) is 1.66. The van der Waals surface area contributed by atoms with Gasteiger partial charge in [0.15, 0.2) is 5.96 Å². The monoisotopic (exact) mass is 574 g/mol. The first-order chi connectivity index (χ1) is 15.0. The van der Waals surface area contributed by atoms with E-state index in [4.69, 9.17) is 16.1 Å². The molecule has 32 heavy (non-hydrogen) atoms. The number of anilines is 1. The quantitative estimate of drug-likeness (QED) is 0.270. The Morgan fingerprint density at radius 3 is 2.88 bits per heavy atom. The highest BCUT2D eigenvalue weighted by atomic mass is 127. The van der Waals surface area contributed by atoms with E-state index in [1.54, 1.807) is 19.2 Å². The van der Waals surface area contributed by atoms with Crippen LogP contribution in [0.3, 0.4) is 0 Å². The van der Waals surface area contributed by atoms with Crippen LogP contribution in [0.15, 0.2) is 52.0 Å². The van der Waals surface area contributed by atoms with Crippen LogP contribution in [0.25, 0.3) is 11.4 Å². The largest absolute Gasteiger partial charge is 0.367 e. The summed E-state index contributed by atoms with van der Waals surface area (Å²) in [6.07, 6.45) is 0.789. The fraction of sp³-hybridized carbons (Fsp3) is 0.286. The number of aliphatic imine (C=N–C) groups is 1. The van der Waals surface area contributed by atoms with E-state index in [0.717, 1.165) is 18.1 Å². The molecule has 0 bridgehead atoms. The van der Waals surface area contributed by atoms with Gasteiger partial charge in [-0.15, -0.1) is 24.0 Å². The lowest BCUT2D eigenvalue weighted by Crippen LogP contribution is -2.44. The number of hydrogen-bond acceptors (Lipinski definition) is 5. The molecule has 11 heteroatoms. The lowest BCUT2D eigenvalue weighted by Gasteiger charge is -2.20. The predicted molar refractivity (Wildman–Crippen MR) is 130 cm³/mol. The Morgan fingerprint density at radius 1 is 1.28 bits per heavy atom. The van der Waals surface area contributed by atoms with Gasteiger partial charge in [0, 0.05) is 42.8 Å². The number of rotatable bonds is 5. The first kappa shape index (κ1) is 24.2. The van der Waals surface area contributed by atoms with Crippen molar-refractivity contribution >= 4 is 47.2 Å². The topological polar surface area (TPSA) is 78.6 Å². The van der Waals surface area contributed by atoms with Crippen molar-refractivity contribution in [3.8, 4) is 11.4 Å². The second-order valence-electron chi connectivity index (χ2n) is 7.12. The second-order valence-corrected chi connectivity index (χ2v) is 7.56. The lowest BCUT2D eigenvalue weighted by molar-refractivity contribution is 0.375. The summed E-state index contributed by atoms with van der Waals surface area (Å²) in [6.45, 7) is 1.52. The van der Waals surface area contributed by atoms with Crippen LogP contribution >= 0.6 is 35.6 Å². The summed E-state index contributed by atoms with van der Waals surface area (Å²) >= 11 is 6.01. The summed E-state index contributed by atoms with van der Waals surface area (Å²) in [5, 5.41) is 11.0. The molecule has 0 aliphatic carbocycles. The Labute approximate surface area is 206 Å². The van der Waals surface area contributed by atoms with E-state index in [-0.39, 0.29) is 36.6 Å². The molecule has 1 aliphatic heterocycles. The maximum atomic E-state index is 14.0. The van der Waals surface area contributed by atoms with Crippen molar-refractivity contribution in [2.45, 2.75) is 19.0 Å². The molecule has 4 rings (SSSR count). The highest BCUT2D eigenvalue weighted by Gasteiger charge is 2.25. The number of guanidine groups is 1. The standard InChI is InChI=1S/C21H21ClF2N6O.HI/c1-25-21(26-11-19-28-20(29-31-19)13-3-2-4-14(22)9-13)27-16-7-8-30(12-16)18-6-5-15(23)10-17(18)24;/h2-6,9-10,16H,7-8,11-12H2,1H3,(H2,25,26,27);1H. The van der Waals surface area contributed by atoms with Crippen LogP contribution in [0.1, 0.15) is 12.3 Å². The average molecular weight is 575 g/mol. The minimum Gasteiger partial charge on any atom is -0.367 e. The molecule has 0 amide bonds. The molecule has 3 aromatic rings. The fourth-order valence-electron chi connectivity index (χ4n) is 3.45. The minimum absolute atomic E-state index is 0. The summed E-state index contributed by atoms with van der Waals surface area (Å²) in [5.74, 6) is 0.276. The summed E-state index contributed by atoms with van der Waals surface area (Å²) in [4.78, 5) is 10.5. The van der Waals surface area contributed by atoms with Gasteiger partial charge in [-0.25, -0.2) is 8.78 Å². The molecule has 0 spiro atoms. The van der Waals surface area contributed by atoms with E-state index in [2.05, 4.69) is 25.8 Å². The molecule has 2 N–H and O–H groups in total. The third kappa shape index (κ3) is 5.85. The van der Waals surface area contributed by atoms with Crippen LogP contribution < -0.4 is 15.5 Å². The van der Waals surface area contributed by atoms with E-state index in [0.29, 0.717) is 41.5 Å². The molecule has 0 saturated carbocycles. The van der Waals surface area contributed by atoms with Crippen LogP contribution in [0.2, 0.25) is 5.02 Å². The Hall–Kier alpha value is -2.47. The molecule has 170 valence electrons. The SMILES string of the molecule is CN=C(NCc1nc(-c2cccc(Cl)c2)no1)NC1CCN(c2ccc(F)cc2F)C1.I. The zero-order chi connectivity index (χ0) is 21.8. The van der Waals surface area contributed by atoms with Crippen LogP contribution in [0, 0.1) is 11.6 Å². The Bertz CT molecular complexity index is 1100. The maximum Gasteiger partial charge on any atom is 0.246 e. The first-order valence-electron chi connectivity index (χ1n) is 9.77. The van der Waals surface area contributed by atoms with Crippen LogP contribution in [0.4, 0.5) is 14.5 Å². The molecular weight excluding hydrogens is 553 g/mol. The van der Waals surface area contributed by atoms with E-state index in [1.807, 2.05) is 17.0 Å². The number of hydrogen-bond donors (Lipinski definition) is 2. The second kappa shape index (κ2) is 10.9. The van der Waals surface area contributed by atoms with Crippen molar-refractivity contribution in [1.82, 2.24) is 20.8 Å². The van der Waals surface area contributed by atoms with Gasteiger partial charge in [-0.1, -0.05) is 28.9 Å². The van der Waals surface area contributed by atoms with Gasteiger partial charge >= 0.3 is 0 Å². The van der Waals surface area contributed by atoms with Crippen LogP contribution in [-0.2, 0) is 6.54 Å². The normalized spacial score (nSPS) is 16.1. The minimum atomic E-state index is -0.584. The van der Waals surface area contributed by atoms with Crippen LogP contribution in [-0.4, -0.2) is 42.3 Å². The predicted octanol–water partition coefficient (Wildman–Crippen LogP) is 4.23. The van der Waals surface area contributed by atoms with Gasteiger partial charge in [0.05, 0.1) is 12.2 Å². The molecule has 0 radical (unpaired) electrons. The van der Waals surface area contributed by atoms with E-state index in [9.17, 15) is 8.78 Å². The number of nitrogens with zero attached hydrogens (tertiary/aromatic N) is 4. The van der Waals surface area contributed by atoms with Gasteiger partial charge < -0.3 is 20.1 Å². The average Bonchev–Trinajstić information content (AvgIpc) is 3.41. The molecule has 1 atom stereocenters. The Balaban J connectivity index is 0.00000289. The summed E-state index contributed by atoms with van der Waals surface area (Å²) in [5.41, 5.74) is 1.16. The van der Waals surface area contributed by atoms with Crippen molar-refractivity contribution in [3.05, 3.63) is 65.0 Å². The van der Waals surface area contributed by atoms with Gasteiger partial charge in [-0.05, 0) is 30.7 Å². The molecule has 1 unspecified atom stereocenters. The Kier molecular flexibility index (Phi) is 8.24. The smallest absolute Gasteiger partial charge is 0.246 e. The fourth-order valence-corrected chi connectivity index (χ4v) is 3.64. The van der Waals surface area contributed by atoms with Crippen molar-refractivity contribution < 1.29 is 13.3 Å². The van der Waals surface area contributed by atoms with Gasteiger partial charge in [0.2, 0.25) is 11.7 Å². The highest BCUT2D eigenvalue weighted by molar-refractivity contribution is 14.0. The van der Waals surface area contributed by atoms with Gasteiger partial charge in [0.25, 0.3) is 0 Å². The molecule has 1 aromatic heterocycles. The molecule has 1 saturated heterocycles. The summed E-state index contributed by atoms with van der Waals surface area (Å²) in [6, 6.07) is 10.9. The van der Waals surface area contributed by atoms with E-state index >= 15 is 0 Å². The number of halogens is 4. The van der Waals surface area contributed by atoms with Crippen molar-refractivity contribution in [1.29, 1.82) is 0 Å². The number of nitrogens with one attached hydrogen (secondary N) is 2. The zero-order valence-electron chi connectivity index (χ0n) is 17.2. The van der Waals surface area contributed by atoms with Crippen molar-refractivity contribution in [3.63, 3.8) is 0 Å². The molecule has 1 fully saturated rings.